The van der Waals surface area contributed by atoms with Crippen molar-refractivity contribution < 1.29 is 4.42 Å². The van der Waals surface area contributed by atoms with Crippen LogP contribution in [0.25, 0.3) is 11.1 Å². The molecule has 0 aliphatic rings. The van der Waals surface area contributed by atoms with Crippen molar-refractivity contribution >= 4 is 11.1 Å². The van der Waals surface area contributed by atoms with Crippen LogP contribution < -0.4 is 11.5 Å². The zero-order valence-electron chi connectivity index (χ0n) is 8.86. The van der Waals surface area contributed by atoms with Crippen molar-refractivity contribution in [1.82, 2.24) is 4.57 Å². The Balaban J connectivity index is 2.73. The fourth-order valence-electron chi connectivity index (χ4n) is 1.66. The Hall–Kier alpha value is -1.55. The fraction of sp³-hybridized carbons (Fsp3) is 0.364. The SMILES string of the molecule is CCn1c(=O)oc2ccc(C(C)N)cc21. The second kappa shape index (κ2) is 3.55. The van der Waals surface area contributed by atoms with Gasteiger partial charge in [-0.15, -0.1) is 0 Å². The quantitative estimate of drug-likeness (QED) is 0.812. The lowest BCUT2D eigenvalue weighted by molar-refractivity contribution is 0.513. The van der Waals surface area contributed by atoms with Crippen LogP contribution in [0, 0.1) is 0 Å². The average molecular weight is 206 g/mol. The van der Waals surface area contributed by atoms with E-state index in [4.69, 9.17) is 10.2 Å². The third kappa shape index (κ3) is 1.57. The van der Waals surface area contributed by atoms with E-state index in [0.717, 1.165) is 11.1 Å². The molecule has 0 spiro atoms. The van der Waals surface area contributed by atoms with Crippen LogP contribution in [0.3, 0.4) is 0 Å². The molecule has 0 aliphatic heterocycles. The number of aryl methyl sites for hydroxylation is 1. The maximum atomic E-state index is 11.4. The summed E-state index contributed by atoms with van der Waals surface area (Å²) in [6, 6.07) is 5.55. The van der Waals surface area contributed by atoms with Gasteiger partial charge in [0.25, 0.3) is 0 Å². The van der Waals surface area contributed by atoms with E-state index in [1.807, 2.05) is 26.0 Å². The van der Waals surface area contributed by atoms with E-state index >= 15 is 0 Å². The maximum Gasteiger partial charge on any atom is 0.419 e. The Bertz CT molecular complexity index is 537. The molecular formula is C11H14N2O2. The lowest BCUT2D eigenvalue weighted by Gasteiger charge is -2.05. The highest BCUT2D eigenvalue weighted by Gasteiger charge is 2.09. The monoisotopic (exact) mass is 206 g/mol. The predicted octanol–water partition coefficient (Wildman–Crippen LogP) is 1.63. The van der Waals surface area contributed by atoms with Crippen LogP contribution in [-0.4, -0.2) is 4.57 Å². The first-order valence-corrected chi connectivity index (χ1v) is 5.02. The number of nitrogens with zero attached hydrogens (tertiary/aromatic N) is 1. The molecule has 0 saturated carbocycles. The van der Waals surface area contributed by atoms with Crippen molar-refractivity contribution in [3.05, 3.63) is 34.3 Å². The molecule has 80 valence electrons. The van der Waals surface area contributed by atoms with Gasteiger partial charge in [-0.25, -0.2) is 4.79 Å². The molecular weight excluding hydrogens is 192 g/mol. The first-order valence-electron chi connectivity index (χ1n) is 5.02. The molecule has 0 amide bonds. The van der Waals surface area contributed by atoms with Crippen LogP contribution in [-0.2, 0) is 6.54 Å². The number of hydrogen-bond acceptors (Lipinski definition) is 3. The van der Waals surface area contributed by atoms with E-state index in [0.29, 0.717) is 12.1 Å². The Morgan fingerprint density at radius 2 is 2.27 bits per heavy atom. The first-order chi connectivity index (χ1) is 7.13. The Morgan fingerprint density at radius 3 is 2.87 bits per heavy atom. The molecule has 0 radical (unpaired) electrons. The van der Waals surface area contributed by atoms with Crippen molar-refractivity contribution in [2.45, 2.75) is 26.4 Å². The minimum Gasteiger partial charge on any atom is -0.408 e. The highest BCUT2D eigenvalue weighted by molar-refractivity contribution is 5.73. The molecule has 1 unspecified atom stereocenters. The highest BCUT2D eigenvalue weighted by atomic mass is 16.4. The summed E-state index contributed by atoms with van der Waals surface area (Å²) in [5.41, 5.74) is 8.22. The van der Waals surface area contributed by atoms with Crippen LogP contribution in [0.2, 0.25) is 0 Å². The van der Waals surface area contributed by atoms with Crippen molar-refractivity contribution in [3.8, 4) is 0 Å². The zero-order valence-corrected chi connectivity index (χ0v) is 8.86. The van der Waals surface area contributed by atoms with E-state index in [2.05, 4.69) is 0 Å². The minimum absolute atomic E-state index is 0.0373. The zero-order chi connectivity index (χ0) is 11.0. The summed E-state index contributed by atoms with van der Waals surface area (Å²) < 4.78 is 6.69. The van der Waals surface area contributed by atoms with E-state index < -0.39 is 0 Å². The predicted molar refractivity (Wildman–Crippen MR) is 58.8 cm³/mol. The number of oxazole rings is 1. The largest absolute Gasteiger partial charge is 0.419 e. The summed E-state index contributed by atoms with van der Waals surface area (Å²) in [4.78, 5) is 11.4. The van der Waals surface area contributed by atoms with Crippen LogP contribution in [0.4, 0.5) is 0 Å². The average Bonchev–Trinajstić information content (AvgIpc) is 2.51. The smallest absolute Gasteiger partial charge is 0.408 e. The molecule has 0 aliphatic carbocycles. The second-order valence-electron chi connectivity index (χ2n) is 3.63. The molecule has 1 atom stereocenters. The summed E-state index contributed by atoms with van der Waals surface area (Å²) in [6.07, 6.45) is 0. The lowest BCUT2D eigenvalue weighted by atomic mass is 10.1. The third-order valence-corrected chi connectivity index (χ3v) is 2.53. The van der Waals surface area contributed by atoms with Crippen LogP contribution in [0.15, 0.2) is 27.4 Å². The van der Waals surface area contributed by atoms with E-state index in [9.17, 15) is 4.79 Å². The van der Waals surface area contributed by atoms with Crippen LogP contribution in [0.1, 0.15) is 25.5 Å². The number of hydrogen-bond donors (Lipinski definition) is 1. The summed E-state index contributed by atoms with van der Waals surface area (Å²) in [6.45, 7) is 4.43. The Kier molecular flexibility index (Phi) is 2.36. The molecule has 2 N–H and O–H groups in total. The summed E-state index contributed by atoms with van der Waals surface area (Å²) in [5.74, 6) is -0.311. The van der Waals surface area contributed by atoms with Gasteiger partial charge < -0.3 is 10.2 Å². The van der Waals surface area contributed by atoms with Crippen molar-refractivity contribution in [1.29, 1.82) is 0 Å². The first kappa shape index (κ1) is 9.98. The van der Waals surface area contributed by atoms with Gasteiger partial charge in [-0.3, -0.25) is 4.57 Å². The number of benzene rings is 1. The molecule has 0 saturated heterocycles. The topological polar surface area (TPSA) is 61.2 Å². The molecule has 2 rings (SSSR count). The van der Waals surface area contributed by atoms with Gasteiger partial charge in [-0.2, -0.15) is 0 Å². The fourth-order valence-corrected chi connectivity index (χ4v) is 1.66. The Labute approximate surface area is 87.3 Å². The van der Waals surface area contributed by atoms with Crippen LogP contribution >= 0.6 is 0 Å². The molecule has 1 aromatic heterocycles. The molecule has 2 aromatic rings. The van der Waals surface area contributed by atoms with Gasteiger partial charge in [-0.05, 0) is 31.5 Å². The van der Waals surface area contributed by atoms with Gasteiger partial charge in [0, 0.05) is 12.6 Å². The molecule has 15 heavy (non-hydrogen) atoms. The standard InChI is InChI=1S/C11H14N2O2/c1-3-13-9-6-8(7(2)12)4-5-10(9)15-11(13)14/h4-7H,3,12H2,1-2H3. The molecule has 0 fully saturated rings. The molecule has 1 aromatic carbocycles. The number of fused-ring (bicyclic) bond motifs is 1. The summed E-state index contributed by atoms with van der Waals surface area (Å²) in [5, 5.41) is 0. The summed E-state index contributed by atoms with van der Waals surface area (Å²) in [7, 11) is 0. The van der Waals surface area contributed by atoms with Gasteiger partial charge in [0.05, 0.1) is 5.52 Å². The highest BCUT2D eigenvalue weighted by Crippen LogP contribution is 2.18. The van der Waals surface area contributed by atoms with Gasteiger partial charge >= 0.3 is 5.76 Å². The van der Waals surface area contributed by atoms with E-state index in [1.165, 1.54) is 0 Å². The normalized spacial score (nSPS) is 13.3. The number of aromatic nitrogens is 1. The molecule has 4 heteroatoms. The van der Waals surface area contributed by atoms with Crippen molar-refractivity contribution in [3.63, 3.8) is 0 Å². The van der Waals surface area contributed by atoms with Gasteiger partial charge in [0.15, 0.2) is 5.58 Å². The van der Waals surface area contributed by atoms with Crippen molar-refractivity contribution in [2.24, 2.45) is 5.73 Å². The Morgan fingerprint density at radius 1 is 1.53 bits per heavy atom. The van der Waals surface area contributed by atoms with Crippen molar-refractivity contribution in [2.75, 3.05) is 0 Å². The molecule has 1 heterocycles. The molecule has 4 nitrogen and oxygen atoms in total. The number of rotatable bonds is 2. The van der Waals surface area contributed by atoms with Gasteiger partial charge in [0.2, 0.25) is 0 Å². The number of nitrogens with two attached hydrogens (primary N) is 1. The van der Waals surface area contributed by atoms with Gasteiger partial charge in [0.1, 0.15) is 0 Å². The lowest BCUT2D eigenvalue weighted by Crippen LogP contribution is -2.12. The molecule has 0 bridgehead atoms. The second-order valence-corrected chi connectivity index (χ2v) is 3.63. The van der Waals surface area contributed by atoms with E-state index in [1.54, 1.807) is 10.6 Å². The third-order valence-electron chi connectivity index (χ3n) is 2.53. The van der Waals surface area contributed by atoms with Gasteiger partial charge in [-0.1, -0.05) is 6.07 Å². The van der Waals surface area contributed by atoms with E-state index in [-0.39, 0.29) is 11.8 Å². The minimum atomic E-state index is -0.311. The summed E-state index contributed by atoms with van der Waals surface area (Å²) >= 11 is 0. The van der Waals surface area contributed by atoms with Crippen LogP contribution in [0.5, 0.6) is 0 Å². The maximum absolute atomic E-state index is 11.4.